The second-order valence-corrected chi connectivity index (χ2v) is 3.03. The SMILES string of the molecule is CCc1ncc(F)c(C(C)C)n1. The molecule has 0 saturated heterocycles. The molecule has 0 unspecified atom stereocenters. The number of hydrogen-bond acceptors (Lipinski definition) is 2. The first-order valence-corrected chi connectivity index (χ1v) is 4.16. The molecule has 0 atom stereocenters. The molecule has 0 aliphatic rings. The van der Waals surface area contributed by atoms with E-state index in [1.807, 2.05) is 20.8 Å². The minimum absolute atomic E-state index is 0.123. The Balaban J connectivity index is 3.08. The van der Waals surface area contributed by atoms with Crippen molar-refractivity contribution in [1.82, 2.24) is 9.97 Å². The van der Waals surface area contributed by atoms with Gasteiger partial charge in [0, 0.05) is 6.42 Å². The molecule has 0 radical (unpaired) electrons. The molecule has 66 valence electrons. The fraction of sp³-hybridized carbons (Fsp3) is 0.556. The summed E-state index contributed by atoms with van der Waals surface area (Å²) in [4.78, 5) is 7.96. The average molecular weight is 168 g/mol. The van der Waals surface area contributed by atoms with Gasteiger partial charge in [-0.05, 0) is 5.92 Å². The Labute approximate surface area is 71.9 Å². The van der Waals surface area contributed by atoms with E-state index in [4.69, 9.17) is 0 Å². The van der Waals surface area contributed by atoms with Gasteiger partial charge in [0.1, 0.15) is 5.82 Å². The topological polar surface area (TPSA) is 25.8 Å². The minimum atomic E-state index is -0.304. The summed E-state index contributed by atoms with van der Waals surface area (Å²) in [5.41, 5.74) is 0.516. The molecule has 2 nitrogen and oxygen atoms in total. The minimum Gasteiger partial charge on any atom is -0.238 e. The zero-order valence-electron chi connectivity index (χ0n) is 7.63. The van der Waals surface area contributed by atoms with Gasteiger partial charge < -0.3 is 0 Å². The third-order valence-electron chi connectivity index (χ3n) is 1.68. The lowest BCUT2D eigenvalue weighted by Crippen LogP contribution is -2.03. The Morgan fingerprint density at radius 1 is 1.50 bits per heavy atom. The lowest BCUT2D eigenvalue weighted by molar-refractivity contribution is 0.570. The molecule has 1 aromatic rings. The van der Waals surface area contributed by atoms with Gasteiger partial charge in [0.2, 0.25) is 0 Å². The van der Waals surface area contributed by atoms with Gasteiger partial charge in [-0.3, -0.25) is 0 Å². The fourth-order valence-electron chi connectivity index (χ4n) is 0.994. The van der Waals surface area contributed by atoms with Gasteiger partial charge in [0.15, 0.2) is 5.82 Å². The number of aryl methyl sites for hydroxylation is 1. The van der Waals surface area contributed by atoms with Gasteiger partial charge in [-0.2, -0.15) is 0 Å². The summed E-state index contributed by atoms with van der Waals surface area (Å²) in [5.74, 6) is 0.528. The predicted octanol–water partition coefficient (Wildman–Crippen LogP) is 2.30. The van der Waals surface area contributed by atoms with Gasteiger partial charge in [-0.25, -0.2) is 14.4 Å². The summed E-state index contributed by atoms with van der Waals surface area (Å²) >= 11 is 0. The molecule has 0 fully saturated rings. The van der Waals surface area contributed by atoms with Crippen molar-refractivity contribution in [3.63, 3.8) is 0 Å². The molecule has 0 aromatic carbocycles. The molecule has 0 aliphatic heterocycles. The summed E-state index contributed by atoms with van der Waals surface area (Å²) < 4.78 is 13.0. The fourth-order valence-corrected chi connectivity index (χ4v) is 0.994. The van der Waals surface area contributed by atoms with E-state index in [1.54, 1.807) is 0 Å². The van der Waals surface area contributed by atoms with Crippen LogP contribution in [0.3, 0.4) is 0 Å². The smallest absolute Gasteiger partial charge is 0.163 e. The maximum absolute atomic E-state index is 13.0. The van der Waals surface area contributed by atoms with Crippen molar-refractivity contribution in [2.45, 2.75) is 33.1 Å². The molecular formula is C9H13FN2. The van der Waals surface area contributed by atoms with Crippen molar-refractivity contribution < 1.29 is 4.39 Å². The second kappa shape index (κ2) is 3.61. The monoisotopic (exact) mass is 168 g/mol. The van der Waals surface area contributed by atoms with E-state index in [2.05, 4.69) is 9.97 Å². The van der Waals surface area contributed by atoms with Crippen LogP contribution in [0.15, 0.2) is 6.20 Å². The maximum atomic E-state index is 13.0. The third-order valence-corrected chi connectivity index (χ3v) is 1.68. The second-order valence-electron chi connectivity index (χ2n) is 3.03. The highest BCUT2D eigenvalue weighted by atomic mass is 19.1. The van der Waals surface area contributed by atoms with Crippen LogP contribution in [0.25, 0.3) is 0 Å². The van der Waals surface area contributed by atoms with E-state index in [-0.39, 0.29) is 11.7 Å². The number of nitrogens with zero attached hydrogens (tertiary/aromatic N) is 2. The Hall–Kier alpha value is -0.990. The Morgan fingerprint density at radius 3 is 2.67 bits per heavy atom. The molecule has 3 heteroatoms. The summed E-state index contributed by atoms with van der Waals surface area (Å²) in [6, 6.07) is 0. The Bertz CT molecular complexity index is 271. The van der Waals surface area contributed by atoms with Crippen LogP contribution in [-0.4, -0.2) is 9.97 Å². The van der Waals surface area contributed by atoms with Crippen LogP contribution in [-0.2, 0) is 6.42 Å². The molecule has 0 saturated carbocycles. The van der Waals surface area contributed by atoms with E-state index >= 15 is 0 Å². The number of hydrogen-bond donors (Lipinski definition) is 0. The molecule has 1 rings (SSSR count). The van der Waals surface area contributed by atoms with Gasteiger partial charge in [0.25, 0.3) is 0 Å². The highest BCUT2D eigenvalue weighted by molar-refractivity contribution is 5.09. The zero-order valence-corrected chi connectivity index (χ0v) is 7.63. The largest absolute Gasteiger partial charge is 0.238 e. The predicted molar refractivity (Wildman–Crippen MR) is 45.5 cm³/mol. The molecule has 0 N–H and O–H groups in total. The van der Waals surface area contributed by atoms with E-state index in [9.17, 15) is 4.39 Å². The normalized spacial score (nSPS) is 10.8. The Morgan fingerprint density at radius 2 is 2.17 bits per heavy atom. The van der Waals surface area contributed by atoms with Crippen LogP contribution in [0, 0.1) is 5.82 Å². The first-order valence-electron chi connectivity index (χ1n) is 4.16. The first-order chi connectivity index (χ1) is 5.65. The van der Waals surface area contributed by atoms with E-state index in [0.717, 1.165) is 6.42 Å². The van der Waals surface area contributed by atoms with Gasteiger partial charge in [0.05, 0.1) is 11.9 Å². The van der Waals surface area contributed by atoms with Gasteiger partial charge in [-0.15, -0.1) is 0 Å². The highest BCUT2D eigenvalue weighted by Crippen LogP contribution is 2.14. The quantitative estimate of drug-likeness (QED) is 0.677. The van der Waals surface area contributed by atoms with Gasteiger partial charge in [-0.1, -0.05) is 20.8 Å². The van der Waals surface area contributed by atoms with Crippen molar-refractivity contribution >= 4 is 0 Å². The van der Waals surface area contributed by atoms with E-state index < -0.39 is 0 Å². The zero-order chi connectivity index (χ0) is 9.14. The standard InChI is InChI=1S/C9H13FN2/c1-4-8-11-5-7(10)9(12-8)6(2)3/h5-6H,4H2,1-3H3. The number of halogens is 1. The molecule has 1 heterocycles. The van der Waals surface area contributed by atoms with Crippen molar-refractivity contribution in [3.05, 3.63) is 23.5 Å². The van der Waals surface area contributed by atoms with E-state index in [1.165, 1.54) is 6.20 Å². The van der Waals surface area contributed by atoms with Crippen molar-refractivity contribution in [2.24, 2.45) is 0 Å². The summed E-state index contributed by atoms with van der Waals surface area (Å²) in [6.45, 7) is 5.80. The summed E-state index contributed by atoms with van der Waals surface area (Å²) in [7, 11) is 0. The molecule has 12 heavy (non-hydrogen) atoms. The van der Waals surface area contributed by atoms with Crippen LogP contribution in [0.5, 0.6) is 0 Å². The molecule has 0 aliphatic carbocycles. The molecule has 0 amide bonds. The lowest BCUT2D eigenvalue weighted by Gasteiger charge is -2.06. The highest BCUT2D eigenvalue weighted by Gasteiger charge is 2.09. The summed E-state index contributed by atoms with van der Waals surface area (Å²) in [5, 5.41) is 0. The van der Waals surface area contributed by atoms with E-state index in [0.29, 0.717) is 11.5 Å². The number of rotatable bonds is 2. The molecule has 0 bridgehead atoms. The average Bonchev–Trinajstić information content (AvgIpc) is 2.05. The third kappa shape index (κ3) is 1.78. The van der Waals surface area contributed by atoms with Crippen LogP contribution in [0.1, 0.15) is 38.2 Å². The van der Waals surface area contributed by atoms with Gasteiger partial charge >= 0.3 is 0 Å². The Kier molecular flexibility index (Phi) is 2.74. The summed E-state index contributed by atoms with van der Waals surface area (Å²) in [6.07, 6.45) is 2.00. The molecule has 0 spiro atoms. The van der Waals surface area contributed by atoms with Crippen molar-refractivity contribution in [2.75, 3.05) is 0 Å². The first kappa shape index (κ1) is 9.10. The van der Waals surface area contributed by atoms with Crippen molar-refractivity contribution in [1.29, 1.82) is 0 Å². The molecule has 1 aromatic heterocycles. The van der Waals surface area contributed by atoms with Crippen molar-refractivity contribution in [3.8, 4) is 0 Å². The van der Waals surface area contributed by atoms with Crippen LogP contribution >= 0.6 is 0 Å². The van der Waals surface area contributed by atoms with Crippen LogP contribution in [0.4, 0.5) is 4.39 Å². The lowest BCUT2D eigenvalue weighted by atomic mass is 10.1. The maximum Gasteiger partial charge on any atom is 0.163 e. The molecular weight excluding hydrogens is 155 g/mol. The number of aromatic nitrogens is 2. The van der Waals surface area contributed by atoms with Crippen LogP contribution < -0.4 is 0 Å². The van der Waals surface area contributed by atoms with Crippen LogP contribution in [0.2, 0.25) is 0 Å².